The molecule has 0 spiro atoms. The molecule has 2 amide bonds. The van der Waals surface area contributed by atoms with E-state index in [0.29, 0.717) is 6.54 Å². The topological polar surface area (TPSA) is 49.4 Å². The molecular formula is C17H22N2O2. The predicted octanol–water partition coefficient (Wildman–Crippen LogP) is 2.42. The molecule has 1 N–H and O–H groups in total. The standard InChI is InChI=1S/C17H22N2O2/c1-13(2)17(21)18-15-9-6-12-19(15)16(20)11-10-14-7-4-3-5-8-14/h3-5,7-8,10-11,13,15H,6,9,12H2,1-2H3,(H,18,21)/b11-10+/t15-/m0/s1. The number of hydrogen-bond acceptors (Lipinski definition) is 2. The molecule has 0 aromatic heterocycles. The number of nitrogens with one attached hydrogen (secondary N) is 1. The van der Waals surface area contributed by atoms with E-state index in [1.54, 1.807) is 11.0 Å². The molecule has 1 aliphatic heterocycles. The van der Waals surface area contributed by atoms with E-state index in [1.165, 1.54) is 0 Å². The Morgan fingerprint density at radius 2 is 2.00 bits per heavy atom. The number of hydrogen-bond donors (Lipinski definition) is 1. The highest BCUT2D eigenvalue weighted by Crippen LogP contribution is 2.16. The van der Waals surface area contributed by atoms with Gasteiger partial charge in [0.1, 0.15) is 6.17 Å². The first kappa shape index (κ1) is 15.3. The number of likely N-dealkylation sites (tertiary alicyclic amines) is 1. The second-order valence-corrected chi connectivity index (χ2v) is 5.60. The Labute approximate surface area is 125 Å². The van der Waals surface area contributed by atoms with Crippen LogP contribution < -0.4 is 5.32 Å². The highest BCUT2D eigenvalue weighted by Gasteiger charge is 2.29. The molecule has 0 bridgehead atoms. The SMILES string of the molecule is CC(C)C(=O)N[C@@H]1CCCN1C(=O)/C=C/c1ccccc1. The van der Waals surface area contributed by atoms with Crippen molar-refractivity contribution in [2.45, 2.75) is 32.9 Å². The maximum absolute atomic E-state index is 12.3. The van der Waals surface area contributed by atoms with Gasteiger partial charge in [-0.25, -0.2) is 0 Å². The van der Waals surface area contributed by atoms with Crippen LogP contribution in [0.2, 0.25) is 0 Å². The van der Waals surface area contributed by atoms with Gasteiger partial charge in [0.05, 0.1) is 0 Å². The van der Waals surface area contributed by atoms with E-state index in [-0.39, 0.29) is 23.9 Å². The van der Waals surface area contributed by atoms with Crippen molar-refractivity contribution < 1.29 is 9.59 Å². The van der Waals surface area contributed by atoms with Crippen molar-refractivity contribution in [1.29, 1.82) is 0 Å². The molecule has 1 aromatic carbocycles. The third kappa shape index (κ3) is 4.18. The summed E-state index contributed by atoms with van der Waals surface area (Å²) in [4.78, 5) is 25.8. The number of rotatable bonds is 4. The normalized spacial score (nSPS) is 18.4. The van der Waals surface area contributed by atoms with Crippen molar-refractivity contribution >= 4 is 17.9 Å². The van der Waals surface area contributed by atoms with Crippen molar-refractivity contribution in [3.8, 4) is 0 Å². The quantitative estimate of drug-likeness (QED) is 0.864. The first-order valence-electron chi connectivity index (χ1n) is 7.42. The van der Waals surface area contributed by atoms with E-state index in [4.69, 9.17) is 0 Å². The zero-order valence-electron chi connectivity index (χ0n) is 12.6. The second kappa shape index (κ2) is 7.07. The summed E-state index contributed by atoms with van der Waals surface area (Å²) >= 11 is 0. The van der Waals surface area contributed by atoms with Gasteiger partial charge >= 0.3 is 0 Å². The molecule has 4 nitrogen and oxygen atoms in total. The summed E-state index contributed by atoms with van der Waals surface area (Å²) in [7, 11) is 0. The van der Waals surface area contributed by atoms with Crippen LogP contribution >= 0.6 is 0 Å². The Morgan fingerprint density at radius 1 is 1.29 bits per heavy atom. The first-order chi connectivity index (χ1) is 10.1. The van der Waals surface area contributed by atoms with Crippen LogP contribution in [-0.2, 0) is 9.59 Å². The molecule has 2 rings (SSSR count). The lowest BCUT2D eigenvalue weighted by molar-refractivity contribution is -0.130. The fraction of sp³-hybridized carbons (Fsp3) is 0.412. The summed E-state index contributed by atoms with van der Waals surface area (Å²) in [6, 6.07) is 9.71. The highest BCUT2D eigenvalue weighted by molar-refractivity contribution is 5.92. The monoisotopic (exact) mass is 286 g/mol. The van der Waals surface area contributed by atoms with Crippen molar-refractivity contribution in [1.82, 2.24) is 10.2 Å². The van der Waals surface area contributed by atoms with Gasteiger partial charge in [-0.1, -0.05) is 44.2 Å². The number of carbonyl (C=O) groups excluding carboxylic acids is 2. The molecule has 1 fully saturated rings. The summed E-state index contributed by atoms with van der Waals surface area (Å²) in [5.41, 5.74) is 0.993. The number of amides is 2. The van der Waals surface area contributed by atoms with Crippen LogP contribution in [0.4, 0.5) is 0 Å². The van der Waals surface area contributed by atoms with Crippen molar-refractivity contribution in [2.24, 2.45) is 5.92 Å². The van der Waals surface area contributed by atoms with Gasteiger partial charge in [-0.2, -0.15) is 0 Å². The van der Waals surface area contributed by atoms with Gasteiger partial charge in [0.15, 0.2) is 0 Å². The summed E-state index contributed by atoms with van der Waals surface area (Å²) in [5, 5.41) is 2.94. The lowest BCUT2D eigenvalue weighted by Crippen LogP contribution is -2.47. The maximum Gasteiger partial charge on any atom is 0.248 e. The van der Waals surface area contributed by atoms with Crippen LogP contribution in [-0.4, -0.2) is 29.4 Å². The van der Waals surface area contributed by atoms with Gasteiger partial charge in [-0.05, 0) is 24.5 Å². The van der Waals surface area contributed by atoms with Crippen LogP contribution in [0.5, 0.6) is 0 Å². The zero-order valence-corrected chi connectivity index (χ0v) is 12.6. The van der Waals surface area contributed by atoms with E-state index in [9.17, 15) is 9.59 Å². The molecule has 0 unspecified atom stereocenters. The molecule has 0 radical (unpaired) electrons. The van der Waals surface area contributed by atoms with Gasteiger partial charge < -0.3 is 10.2 Å². The van der Waals surface area contributed by atoms with Gasteiger partial charge in [0.25, 0.3) is 0 Å². The van der Waals surface area contributed by atoms with Crippen LogP contribution in [0.3, 0.4) is 0 Å². The van der Waals surface area contributed by atoms with Crippen LogP contribution in [0.1, 0.15) is 32.3 Å². The molecule has 112 valence electrons. The van der Waals surface area contributed by atoms with Gasteiger partial charge in [0.2, 0.25) is 11.8 Å². The third-order valence-corrected chi connectivity index (χ3v) is 3.59. The largest absolute Gasteiger partial charge is 0.336 e. The minimum absolute atomic E-state index is 0.00765. The maximum atomic E-state index is 12.3. The number of nitrogens with zero attached hydrogens (tertiary/aromatic N) is 1. The van der Waals surface area contributed by atoms with E-state index >= 15 is 0 Å². The Bertz CT molecular complexity index is 523. The van der Waals surface area contributed by atoms with Gasteiger partial charge in [-0.15, -0.1) is 0 Å². The average molecular weight is 286 g/mol. The lowest BCUT2D eigenvalue weighted by atomic mass is 10.2. The van der Waals surface area contributed by atoms with Crippen LogP contribution in [0.25, 0.3) is 6.08 Å². The molecule has 1 atom stereocenters. The minimum Gasteiger partial charge on any atom is -0.336 e. The summed E-state index contributed by atoms with van der Waals surface area (Å²) in [5.74, 6) is -0.125. The number of benzene rings is 1. The molecule has 1 aromatic rings. The van der Waals surface area contributed by atoms with Crippen LogP contribution in [0, 0.1) is 5.92 Å². The molecule has 4 heteroatoms. The molecule has 0 saturated carbocycles. The van der Waals surface area contributed by atoms with E-state index in [2.05, 4.69) is 5.32 Å². The average Bonchev–Trinajstić information content (AvgIpc) is 2.94. The van der Waals surface area contributed by atoms with Gasteiger partial charge in [0, 0.05) is 18.5 Å². The Kier molecular flexibility index (Phi) is 5.14. The fourth-order valence-electron chi connectivity index (χ4n) is 2.34. The molecule has 0 aliphatic carbocycles. The molecule has 21 heavy (non-hydrogen) atoms. The van der Waals surface area contributed by atoms with Crippen molar-refractivity contribution in [3.63, 3.8) is 0 Å². The van der Waals surface area contributed by atoms with Crippen molar-refractivity contribution in [2.75, 3.05) is 6.54 Å². The first-order valence-corrected chi connectivity index (χ1v) is 7.42. The second-order valence-electron chi connectivity index (χ2n) is 5.60. The Balaban J connectivity index is 1.97. The molecule has 1 aliphatic rings. The Morgan fingerprint density at radius 3 is 2.67 bits per heavy atom. The fourth-order valence-corrected chi connectivity index (χ4v) is 2.34. The van der Waals surface area contributed by atoms with E-state index in [1.807, 2.05) is 50.3 Å². The van der Waals surface area contributed by atoms with Crippen molar-refractivity contribution in [3.05, 3.63) is 42.0 Å². The van der Waals surface area contributed by atoms with Gasteiger partial charge in [-0.3, -0.25) is 9.59 Å². The third-order valence-electron chi connectivity index (χ3n) is 3.59. The summed E-state index contributed by atoms with van der Waals surface area (Å²) in [6.07, 6.45) is 4.96. The molecule has 1 saturated heterocycles. The van der Waals surface area contributed by atoms with Crippen LogP contribution in [0.15, 0.2) is 36.4 Å². The lowest BCUT2D eigenvalue weighted by Gasteiger charge is -2.25. The summed E-state index contributed by atoms with van der Waals surface area (Å²) in [6.45, 7) is 4.40. The predicted molar refractivity (Wildman–Crippen MR) is 83.2 cm³/mol. The van der Waals surface area contributed by atoms with E-state index < -0.39 is 0 Å². The minimum atomic E-state index is -0.173. The smallest absolute Gasteiger partial charge is 0.248 e. The highest BCUT2D eigenvalue weighted by atomic mass is 16.2. The van der Waals surface area contributed by atoms with E-state index in [0.717, 1.165) is 18.4 Å². The Hall–Kier alpha value is -2.10. The molecule has 1 heterocycles. The zero-order chi connectivity index (χ0) is 15.2. The molecular weight excluding hydrogens is 264 g/mol. The summed E-state index contributed by atoms with van der Waals surface area (Å²) < 4.78 is 0. The number of carbonyl (C=O) groups is 2.